The van der Waals surface area contributed by atoms with Crippen LogP contribution < -0.4 is 0 Å². The highest BCUT2D eigenvalue weighted by atomic mass is 32.2. The van der Waals surface area contributed by atoms with Crippen LogP contribution in [0, 0.1) is 6.92 Å². The zero-order valence-electron chi connectivity index (χ0n) is 18.6. The van der Waals surface area contributed by atoms with Gasteiger partial charge in [-0.25, -0.2) is 0 Å². The zero-order valence-corrected chi connectivity index (χ0v) is 21.1. The van der Waals surface area contributed by atoms with E-state index in [4.69, 9.17) is 17.3 Å². The third-order valence-corrected chi connectivity index (χ3v) is 7.79. The molecule has 0 aliphatic carbocycles. The Labute approximate surface area is 216 Å². The molecule has 1 aliphatic rings. The molecule has 194 valence electrons. The lowest BCUT2D eigenvalue weighted by Gasteiger charge is -2.14. The van der Waals surface area contributed by atoms with Crippen molar-refractivity contribution in [2.45, 2.75) is 45.0 Å². The lowest BCUT2D eigenvalue weighted by Crippen LogP contribution is -2.29. The van der Waals surface area contributed by atoms with Gasteiger partial charge in [-0.1, -0.05) is 30.4 Å². The molecule has 36 heavy (non-hydrogen) atoms. The Hall–Kier alpha value is -2.38. The maximum absolute atomic E-state index is 13.3. The van der Waals surface area contributed by atoms with Crippen LogP contribution >= 0.6 is 35.3 Å². The molecule has 0 spiro atoms. The predicted octanol–water partition coefficient (Wildman–Crippen LogP) is 7.61. The number of thiophene rings is 1. The number of carbonyl (C=O) groups is 2. The second-order valence-electron chi connectivity index (χ2n) is 7.97. The first-order valence-corrected chi connectivity index (χ1v) is 12.6. The molecule has 1 aromatic carbocycles. The summed E-state index contributed by atoms with van der Waals surface area (Å²) in [5.41, 5.74) is -2.38. The van der Waals surface area contributed by atoms with Crippen molar-refractivity contribution in [3.63, 3.8) is 0 Å². The fraction of sp³-hybridized carbons (Fsp3) is 0.348. The standard InChI is InChI=1S/C23H19F6NO3S3/c1-12-16(13-7-14(22(24,25)26)9-15(8-13)23(27,28)29)11-35-17(12)10-18-20(33)30(21(34)36-18)6-4-2-3-5-19(31)32/h7-11H,2-6H2,1H3,(H,31,32). The van der Waals surface area contributed by atoms with Crippen LogP contribution in [-0.4, -0.2) is 32.7 Å². The van der Waals surface area contributed by atoms with Crippen molar-refractivity contribution in [3.8, 4) is 11.1 Å². The number of hydrogen-bond acceptors (Lipinski definition) is 5. The number of carboxylic acids is 1. The normalized spacial score (nSPS) is 15.9. The number of carboxylic acid groups (broad SMARTS) is 1. The van der Waals surface area contributed by atoms with E-state index in [0.717, 1.165) is 23.1 Å². The zero-order chi connectivity index (χ0) is 26.8. The summed E-state index contributed by atoms with van der Waals surface area (Å²) in [5, 5.41) is 10.1. The van der Waals surface area contributed by atoms with E-state index in [1.807, 2.05) is 0 Å². The first kappa shape index (κ1) is 28.2. The van der Waals surface area contributed by atoms with Gasteiger partial charge in [0.05, 0.1) is 16.0 Å². The Balaban J connectivity index is 1.84. The highest BCUT2D eigenvalue weighted by Gasteiger charge is 2.37. The summed E-state index contributed by atoms with van der Waals surface area (Å²) in [6.07, 6.45) is -6.70. The minimum atomic E-state index is -4.95. The number of amides is 1. The van der Waals surface area contributed by atoms with Gasteiger partial charge in [0, 0.05) is 17.8 Å². The Morgan fingerprint density at radius 2 is 1.67 bits per heavy atom. The van der Waals surface area contributed by atoms with E-state index >= 15 is 0 Å². The number of hydrogen-bond donors (Lipinski definition) is 1. The van der Waals surface area contributed by atoms with Crippen LogP contribution in [0.15, 0.2) is 28.5 Å². The molecular weight excluding hydrogens is 548 g/mol. The van der Waals surface area contributed by atoms with Gasteiger partial charge in [0.25, 0.3) is 5.91 Å². The van der Waals surface area contributed by atoms with Crippen molar-refractivity contribution in [2.24, 2.45) is 0 Å². The summed E-state index contributed by atoms with van der Waals surface area (Å²) in [4.78, 5) is 25.6. The molecule has 1 aromatic heterocycles. The molecule has 1 aliphatic heterocycles. The van der Waals surface area contributed by atoms with Crippen LogP contribution in [0.1, 0.15) is 47.3 Å². The van der Waals surface area contributed by atoms with Gasteiger partial charge in [0.1, 0.15) is 4.32 Å². The van der Waals surface area contributed by atoms with E-state index < -0.39 is 29.4 Å². The van der Waals surface area contributed by atoms with Gasteiger partial charge in [-0.05, 0) is 66.1 Å². The number of thiocarbonyl (C=S) groups is 1. The summed E-state index contributed by atoms with van der Waals surface area (Å²) in [6.45, 7) is 1.88. The van der Waals surface area contributed by atoms with Gasteiger partial charge >= 0.3 is 18.3 Å². The smallest absolute Gasteiger partial charge is 0.416 e. The van der Waals surface area contributed by atoms with E-state index in [0.29, 0.717) is 57.6 Å². The number of nitrogens with zero attached hydrogens (tertiary/aromatic N) is 1. The molecule has 13 heteroatoms. The second kappa shape index (κ2) is 10.9. The first-order chi connectivity index (χ1) is 16.7. The molecule has 1 fully saturated rings. The highest BCUT2D eigenvalue weighted by molar-refractivity contribution is 8.26. The quantitative estimate of drug-likeness (QED) is 0.154. The summed E-state index contributed by atoms with van der Waals surface area (Å²) >= 11 is 7.42. The van der Waals surface area contributed by atoms with Crippen LogP contribution in [0.5, 0.6) is 0 Å². The topological polar surface area (TPSA) is 57.6 Å². The van der Waals surface area contributed by atoms with E-state index in [-0.39, 0.29) is 29.5 Å². The van der Waals surface area contributed by atoms with Crippen LogP contribution in [0.3, 0.4) is 0 Å². The minimum absolute atomic E-state index is 0.0363. The SMILES string of the molecule is Cc1c(-c2cc(C(F)(F)F)cc(C(F)(F)F)c2)csc1C=C1SC(=S)N(CCCCCC(=O)O)C1=O. The van der Waals surface area contributed by atoms with Crippen molar-refractivity contribution in [3.05, 3.63) is 50.1 Å². The molecule has 0 atom stereocenters. The van der Waals surface area contributed by atoms with Crippen molar-refractivity contribution < 1.29 is 41.0 Å². The molecule has 1 N–H and O–H groups in total. The minimum Gasteiger partial charge on any atom is -0.481 e. The first-order valence-electron chi connectivity index (χ1n) is 10.5. The number of carbonyl (C=O) groups excluding carboxylic acids is 1. The summed E-state index contributed by atoms with van der Waals surface area (Å²) in [5.74, 6) is -1.25. The molecule has 2 aromatic rings. The summed E-state index contributed by atoms with van der Waals surface area (Å²) in [6, 6.07) is 1.44. The van der Waals surface area contributed by atoms with Crippen LogP contribution in [0.2, 0.25) is 0 Å². The monoisotopic (exact) mass is 567 g/mol. The predicted molar refractivity (Wildman–Crippen MR) is 130 cm³/mol. The van der Waals surface area contributed by atoms with Crippen LogP contribution in [-0.2, 0) is 21.9 Å². The van der Waals surface area contributed by atoms with Gasteiger partial charge in [0.2, 0.25) is 0 Å². The number of rotatable bonds is 8. The van der Waals surface area contributed by atoms with Gasteiger partial charge in [-0.2, -0.15) is 26.3 Å². The Morgan fingerprint density at radius 1 is 1.06 bits per heavy atom. The third-order valence-electron chi connectivity index (χ3n) is 5.38. The van der Waals surface area contributed by atoms with Crippen molar-refractivity contribution >= 4 is 57.6 Å². The van der Waals surface area contributed by atoms with Gasteiger partial charge in [0.15, 0.2) is 0 Å². The van der Waals surface area contributed by atoms with Crippen LogP contribution in [0.4, 0.5) is 26.3 Å². The molecule has 0 unspecified atom stereocenters. The Morgan fingerprint density at radius 3 is 2.22 bits per heavy atom. The highest BCUT2D eigenvalue weighted by Crippen LogP contribution is 2.42. The molecule has 4 nitrogen and oxygen atoms in total. The number of benzene rings is 1. The van der Waals surface area contributed by atoms with Crippen molar-refractivity contribution in [2.75, 3.05) is 6.54 Å². The molecule has 1 saturated heterocycles. The van der Waals surface area contributed by atoms with Gasteiger partial charge in [-0.15, -0.1) is 11.3 Å². The Kier molecular flexibility index (Phi) is 8.56. The molecular formula is C23H19F6NO3S3. The number of thioether (sulfide) groups is 1. The number of halogens is 6. The fourth-order valence-corrected chi connectivity index (χ4v) is 5.90. The summed E-state index contributed by atoms with van der Waals surface area (Å²) < 4.78 is 79.8. The lowest BCUT2D eigenvalue weighted by atomic mass is 9.98. The van der Waals surface area contributed by atoms with E-state index in [9.17, 15) is 35.9 Å². The average Bonchev–Trinajstić information content (AvgIpc) is 3.25. The molecule has 3 rings (SSSR count). The summed E-state index contributed by atoms with van der Waals surface area (Å²) in [7, 11) is 0. The van der Waals surface area contributed by atoms with Crippen LogP contribution in [0.25, 0.3) is 17.2 Å². The van der Waals surface area contributed by atoms with Gasteiger partial charge < -0.3 is 5.11 Å². The lowest BCUT2D eigenvalue weighted by molar-refractivity contribution is -0.143. The van der Waals surface area contributed by atoms with Gasteiger partial charge in [-0.3, -0.25) is 14.5 Å². The number of aliphatic carboxylic acids is 1. The number of unbranched alkanes of at least 4 members (excludes halogenated alkanes) is 2. The van der Waals surface area contributed by atoms with Crippen molar-refractivity contribution in [1.82, 2.24) is 4.90 Å². The maximum atomic E-state index is 13.3. The van der Waals surface area contributed by atoms with E-state index in [1.165, 1.54) is 16.4 Å². The Bertz CT molecular complexity index is 1180. The van der Waals surface area contributed by atoms with Crippen molar-refractivity contribution in [1.29, 1.82) is 0 Å². The average molecular weight is 568 g/mol. The maximum Gasteiger partial charge on any atom is 0.416 e. The molecule has 0 saturated carbocycles. The second-order valence-corrected chi connectivity index (χ2v) is 10.6. The van der Waals surface area contributed by atoms with E-state index in [2.05, 4.69) is 0 Å². The molecule has 2 heterocycles. The fourth-order valence-electron chi connectivity index (χ4n) is 3.50. The molecule has 1 amide bonds. The molecule has 0 bridgehead atoms. The number of alkyl halides is 6. The molecule has 0 radical (unpaired) electrons. The van der Waals surface area contributed by atoms with E-state index in [1.54, 1.807) is 6.92 Å². The third kappa shape index (κ3) is 6.68. The largest absolute Gasteiger partial charge is 0.481 e.